The number of rotatable bonds is 3. The Balaban J connectivity index is 2.04. The van der Waals surface area contributed by atoms with Crippen molar-refractivity contribution >= 4 is 34.9 Å². The first-order chi connectivity index (χ1) is 10.7. The first kappa shape index (κ1) is 14.3. The molecule has 3 rings (SSSR count). The van der Waals surface area contributed by atoms with Crippen LogP contribution in [0.5, 0.6) is 0 Å². The zero-order chi connectivity index (χ0) is 15.5. The summed E-state index contributed by atoms with van der Waals surface area (Å²) in [5, 5.41) is 9.54. The number of ether oxygens (including phenoxy) is 1. The number of pyridine rings is 1. The van der Waals surface area contributed by atoms with Gasteiger partial charge in [-0.15, -0.1) is 0 Å². The number of aromatic nitrogens is 3. The van der Waals surface area contributed by atoms with E-state index in [0.29, 0.717) is 16.9 Å². The van der Waals surface area contributed by atoms with Gasteiger partial charge in [-0.2, -0.15) is 0 Å². The van der Waals surface area contributed by atoms with Gasteiger partial charge in [0.15, 0.2) is 0 Å². The number of nitrogens with zero attached hydrogens (tertiary/aromatic N) is 1. The van der Waals surface area contributed by atoms with E-state index in [1.807, 2.05) is 18.2 Å². The number of carbonyl (C=O) groups excluding carboxylic acids is 1. The van der Waals surface area contributed by atoms with E-state index in [-0.39, 0.29) is 0 Å². The molecule has 0 aliphatic rings. The predicted molar refractivity (Wildman–Crippen MR) is 87.4 cm³/mol. The Kier molecular flexibility index (Phi) is 3.88. The number of nitrogens with one attached hydrogen (secondary N) is 3. The van der Waals surface area contributed by atoms with E-state index in [1.54, 1.807) is 25.4 Å². The number of benzene rings is 1. The van der Waals surface area contributed by atoms with Crippen LogP contribution in [0.15, 0.2) is 36.7 Å². The van der Waals surface area contributed by atoms with Crippen molar-refractivity contribution in [3.8, 4) is 11.1 Å². The Morgan fingerprint density at radius 3 is 3.05 bits per heavy atom. The van der Waals surface area contributed by atoms with Crippen LogP contribution in [0, 0.1) is 4.64 Å². The molecule has 0 saturated heterocycles. The highest BCUT2D eigenvalue weighted by Crippen LogP contribution is 2.29. The van der Waals surface area contributed by atoms with E-state index in [9.17, 15) is 4.79 Å². The van der Waals surface area contributed by atoms with Crippen molar-refractivity contribution in [1.29, 1.82) is 0 Å². The average Bonchev–Trinajstić information content (AvgIpc) is 2.89. The van der Waals surface area contributed by atoms with E-state index in [1.165, 1.54) is 0 Å². The van der Waals surface area contributed by atoms with E-state index in [4.69, 9.17) is 17.0 Å². The number of fused-ring (bicyclic) bond motifs is 1. The van der Waals surface area contributed by atoms with Gasteiger partial charge in [-0.25, -0.2) is 4.79 Å². The van der Waals surface area contributed by atoms with E-state index >= 15 is 0 Å². The fourth-order valence-electron chi connectivity index (χ4n) is 2.21. The molecule has 112 valence electrons. The molecular weight excluding hydrogens is 300 g/mol. The van der Waals surface area contributed by atoms with Crippen LogP contribution in [0.1, 0.15) is 6.92 Å². The van der Waals surface area contributed by atoms with Crippen LogP contribution in [0.2, 0.25) is 0 Å². The van der Waals surface area contributed by atoms with Crippen molar-refractivity contribution in [3.05, 3.63) is 41.3 Å². The van der Waals surface area contributed by atoms with Crippen LogP contribution in [-0.4, -0.2) is 27.9 Å². The third kappa shape index (κ3) is 2.71. The zero-order valence-electron chi connectivity index (χ0n) is 11.8. The van der Waals surface area contributed by atoms with Gasteiger partial charge in [-0.05, 0) is 30.7 Å². The summed E-state index contributed by atoms with van der Waals surface area (Å²) in [6.45, 7) is 2.07. The van der Waals surface area contributed by atoms with E-state index in [2.05, 4.69) is 20.5 Å². The number of anilines is 1. The molecule has 0 unspecified atom stereocenters. The lowest BCUT2D eigenvalue weighted by Gasteiger charge is -2.10. The Labute approximate surface area is 131 Å². The third-order valence-electron chi connectivity index (χ3n) is 3.22. The summed E-state index contributed by atoms with van der Waals surface area (Å²) in [5.41, 5.74) is 3.27. The smallest absolute Gasteiger partial charge is 0.411 e. The molecule has 2 aromatic heterocycles. The first-order valence-corrected chi connectivity index (χ1v) is 7.18. The normalized spacial score (nSPS) is 10.6. The molecule has 0 aliphatic carbocycles. The lowest BCUT2D eigenvalue weighted by molar-refractivity contribution is 0.168. The molecule has 1 aromatic carbocycles. The van der Waals surface area contributed by atoms with Gasteiger partial charge in [0.2, 0.25) is 0 Å². The lowest BCUT2D eigenvalue weighted by Crippen LogP contribution is -2.14. The molecule has 0 saturated carbocycles. The summed E-state index contributed by atoms with van der Waals surface area (Å²) >= 11 is 5.24. The van der Waals surface area contributed by atoms with Gasteiger partial charge in [0, 0.05) is 23.3 Å². The molecule has 0 spiro atoms. The van der Waals surface area contributed by atoms with Crippen molar-refractivity contribution in [2.75, 3.05) is 11.9 Å². The summed E-state index contributed by atoms with van der Waals surface area (Å²) in [6, 6.07) is 7.55. The SMILES string of the molecule is CCOC(=O)Nc1ccncc1-c1ccc2[nH][nH]c(=S)c2c1. The second-order valence-corrected chi connectivity index (χ2v) is 5.01. The van der Waals surface area contributed by atoms with Gasteiger partial charge in [0.1, 0.15) is 4.64 Å². The van der Waals surface area contributed by atoms with Crippen LogP contribution in [0.25, 0.3) is 22.0 Å². The van der Waals surface area contributed by atoms with Gasteiger partial charge >= 0.3 is 6.09 Å². The average molecular weight is 314 g/mol. The number of hydrogen-bond donors (Lipinski definition) is 3. The van der Waals surface area contributed by atoms with Gasteiger partial charge in [-0.1, -0.05) is 18.3 Å². The van der Waals surface area contributed by atoms with Crippen molar-refractivity contribution in [3.63, 3.8) is 0 Å². The predicted octanol–water partition coefficient (Wildman–Crippen LogP) is 3.86. The first-order valence-electron chi connectivity index (χ1n) is 6.77. The largest absolute Gasteiger partial charge is 0.450 e. The Morgan fingerprint density at radius 2 is 2.23 bits per heavy atom. The molecule has 0 atom stereocenters. The maximum atomic E-state index is 11.6. The zero-order valence-corrected chi connectivity index (χ0v) is 12.7. The summed E-state index contributed by atoms with van der Waals surface area (Å²) in [4.78, 5) is 15.8. The van der Waals surface area contributed by atoms with Crippen LogP contribution < -0.4 is 5.32 Å². The minimum atomic E-state index is -0.491. The Bertz CT molecular complexity index is 884. The minimum Gasteiger partial charge on any atom is -0.450 e. The third-order valence-corrected chi connectivity index (χ3v) is 3.54. The second-order valence-electron chi connectivity index (χ2n) is 4.61. The molecule has 6 nitrogen and oxygen atoms in total. The molecule has 0 aliphatic heterocycles. The molecule has 2 heterocycles. The van der Waals surface area contributed by atoms with Gasteiger partial charge in [0.25, 0.3) is 0 Å². The monoisotopic (exact) mass is 314 g/mol. The topological polar surface area (TPSA) is 82.8 Å². The fraction of sp³-hybridized carbons (Fsp3) is 0.133. The van der Waals surface area contributed by atoms with E-state index < -0.39 is 6.09 Å². The van der Waals surface area contributed by atoms with Gasteiger partial charge in [-0.3, -0.25) is 20.5 Å². The van der Waals surface area contributed by atoms with E-state index in [0.717, 1.165) is 22.0 Å². The summed E-state index contributed by atoms with van der Waals surface area (Å²) in [7, 11) is 0. The van der Waals surface area contributed by atoms with Crippen molar-refractivity contribution in [2.24, 2.45) is 0 Å². The van der Waals surface area contributed by atoms with Crippen molar-refractivity contribution in [1.82, 2.24) is 15.2 Å². The van der Waals surface area contributed by atoms with Crippen molar-refractivity contribution < 1.29 is 9.53 Å². The quantitative estimate of drug-likeness (QED) is 0.641. The molecule has 3 aromatic rings. The lowest BCUT2D eigenvalue weighted by atomic mass is 10.0. The van der Waals surface area contributed by atoms with Gasteiger partial charge < -0.3 is 4.74 Å². The van der Waals surface area contributed by atoms with Gasteiger partial charge in [0.05, 0.1) is 17.8 Å². The van der Waals surface area contributed by atoms with Crippen LogP contribution in [0.3, 0.4) is 0 Å². The molecule has 0 bridgehead atoms. The highest BCUT2D eigenvalue weighted by Gasteiger charge is 2.10. The minimum absolute atomic E-state index is 0.316. The molecule has 0 radical (unpaired) electrons. The summed E-state index contributed by atoms with van der Waals surface area (Å²) in [6.07, 6.45) is 2.82. The highest BCUT2D eigenvalue weighted by atomic mass is 32.1. The van der Waals surface area contributed by atoms with Crippen LogP contribution >= 0.6 is 12.2 Å². The number of amides is 1. The number of H-pyrrole nitrogens is 2. The second kappa shape index (κ2) is 5.98. The number of carbonyl (C=O) groups is 1. The Hall–Kier alpha value is -2.67. The van der Waals surface area contributed by atoms with Crippen LogP contribution in [0.4, 0.5) is 10.5 Å². The maximum Gasteiger partial charge on any atom is 0.411 e. The summed E-state index contributed by atoms with van der Waals surface area (Å²) < 4.78 is 5.56. The summed E-state index contributed by atoms with van der Waals surface area (Å²) in [5.74, 6) is 0. The molecule has 1 amide bonds. The molecular formula is C15H14N4O2S. The number of hydrogen-bond acceptors (Lipinski definition) is 4. The molecule has 0 fully saturated rings. The Morgan fingerprint density at radius 1 is 1.36 bits per heavy atom. The standard InChI is InChI=1S/C15H14N4O2S/c1-2-21-15(20)17-12-5-6-16-8-11(12)9-3-4-13-10(7-9)14(22)19-18-13/h3-8H,2H2,1H3,(H,16,17,20)(H2,18,19,22). The van der Waals surface area contributed by atoms with Crippen LogP contribution in [-0.2, 0) is 4.74 Å². The number of aromatic amines is 2. The molecule has 3 N–H and O–H groups in total. The van der Waals surface area contributed by atoms with Crippen molar-refractivity contribution in [2.45, 2.75) is 6.92 Å². The molecule has 22 heavy (non-hydrogen) atoms. The maximum absolute atomic E-state index is 11.6. The molecule has 7 heteroatoms. The highest BCUT2D eigenvalue weighted by molar-refractivity contribution is 7.71. The fourth-order valence-corrected chi connectivity index (χ4v) is 2.43.